The number of aryl methyl sites for hydroxylation is 2. The third kappa shape index (κ3) is 2.79. The van der Waals surface area contributed by atoms with E-state index in [0.717, 1.165) is 11.3 Å². The Bertz CT molecular complexity index is 623. The average molecular weight is 273 g/mol. The molecule has 2 aromatic carbocycles. The van der Waals surface area contributed by atoms with Crippen molar-refractivity contribution < 1.29 is 14.2 Å². The summed E-state index contributed by atoms with van der Waals surface area (Å²) >= 11 is 0. The number of nitrogens with two attached hydrogens (primary N) is 1. The van der Waals surface area contributed by atoms with Crippen LogP contribution in [0.15, 0.2) is 30.3 Å². The van der Waals surface area contributed by atoms with Crippen LogP contribution >= 0.6 is 0 Å². The van der Waals surface area contributed by atoms with E-state index in [1.807, 2.05) is 26.0 Å². The maximum atomic E-state index is 5.99. The molecule has 0 amide bonds. The molecule has 0 unspecified atom stereocenters. The van der Waals surface area contributed by atoms with Crippen LogP contribution in [0.25, 0.3) is 0 Å². The van der Waals surface area contributed by atoms with Gasteiger partial charge in [-0.2, -0.15) is 0 Å². The molecule has 0 aliphatic carbocycles. The molecule has 0 radical (unpaired) electrons. The van der Waals surface area contributed by atoms with E-state index in [1.165, 1.54) is 5.56 Å². The minimum Gasteiger partial charge on any atom is -0.493 e. The highest BCUT2D eigenvalue weighted by Gasteiger charge is 2.11. The molecule has 106 valence electrons. The summed E-state index contributed by atoms with van der Waals surface area (Å²) in [5, 5.41) is 0. The predicted molar refractivity (Wildman–Crippen MR) is 79.9 cm³/mol. The second-order valence-electron chi connectivity index (χ2n) is 4.62. The molecular weight excluding hydrogens is 254 g/mol. The molecular formula is C16H19NO3. The van der Waals surface area contributed by atoms with E-state index in [1.54, 1.807) is 26.4 Å². The molecule has 2 rings (SSSR count). The van der Waals surface area contributed by atoms with Gasteiger partial charge in [0, 0.05) is 12.1 Å². The van der Waals surface area contributed by atoms with Crippen LogP contribution in [-0.4, -0.2) is 14.2 Å². The zero-order valence-electron chi connectivity index (χ0n) is 12.2. The van der Waals surface area contributed by atoms with E-state index in [9.17, 15) is 0 Å². The van der Waals surface area contributed by atoms with Gasteiger partial charge in [0.1, 0.15) is 5.75 Å². The number of benzene rings is 2. The van der Waals surface area contributed by atoms with Gasteiger partial charge in [0.25, 0.3) is 0 Å². The fraction of sp³-hybridized carbons (Fsp3) is 0.250. The molecule has 0 spiro atoms. The fourth-order valence-electron chi connectivity index (χ4n) is 2.00. The van der Waals surface area contributed by atoms with Gasteiger partial charge in [-0.1, -0.05) is 17.7 Å². The number of anilines is 1. The van der Waals surface area contributed by atoms with Crippen molar-refractivity contribution in [2.75, 3.05) is 20.0 Å². The van der Waals surface area contributed by atoms with Gasteiger partial charge in [0.2, 0.25) is 0 Å². The van der Waals surface area contributed by atoms with E-state index in [0.29, 0.717) is 22.9 Å². The van der Waals surface area contributed by atoms with E-state index < -0.39 is 0 Å². The molecule has 0 saturated heterocycles. The van der Waals surface area contributed by atoms with Gasteiger partial charge < -0.3 is 19.9 Å². The zero-order valence-corrected chi connectivity index (χ0v) is 12.2. The van der Waals surface area contributed by atoms with Gasteiger partial charge in [0.05, 0.1) is 19.9 Å². The number of ether oxygens (including phenoxy) is 3. The van der Waals surface area contributed by atoms with Crippen LogP contribution in [0.1, 0.15) is 11.1 Å². The molecule has 0 saturated carbocycles. The van der Waals surface area contributed by atoms with Crippen LogP contribution in [0.2, 0.25) is 0 Å². The molecule has 4 nitrogen and oxygen atoms in total. The highest BCUT2D eigenvalue weighted by molar-refractivity contribution is 5.63. The zero-order chi connectivity index (χ0) is 14.7. The van der Waals surface area contributed by atoms with E-state index in [-0.39, 0.29) is 0 Å². The predicted octanol–water partition coefficient (Wildman–Crippen LogP) is 3.70. The van der Waals surface area contributed by atoms with Crippen LogP contribution in [0.3, 0.4) is 0 Å². The molecule has 0 aromatic heterocycles. The van der Waals surface area contributed by atoms with E-state index in [2.05, 4.69) is 6.07 Å². The highest BCUT2D eigenvalue weighted by atomic mass is 16.5. The summed E-state index contributed by atoms with van der Waals surface area (Å²) in [5.41, 5.74) is 8.73. The lowest BCUT2D eigenvalue weighted by Gasteiger charge is -2.14. The number of nitrogen functional groups attached to an aromatic ring is 1. The molecule has 4 heteroatoms. The van der Waals surface area contributed by atoms with Crippen molar-refractivity contribution in [2.45, 2.75) is 13.8 Å². The van der Waals surface area contributed by atoms with Gasteiger partial charge in [-0.3, -0.25) is 0 Å². The van der Waals surface area contributed by atoms with Crippen LogP contribution in [-0.2, 0) is 0 Å². The van der Waals surface area contributed by atoms with Gasteiger partial charge >= 0.3 is 0 Å². The average Bonchev–Trinajstić information content (AvgIpc) is 2.43. The Morgan fingerprint density at radius 2 is 1.45 bits per heavy atom. The second-order valence-corrected chi connectivity index (χ2v) is 4.62. The number of hydrogen-bond donors (Lipinski definition) is 1. The third-order valence-electron chi connectivity index (χ3n) is 3.07. The third-order valence-corrected chi connectivity index (χ3v) is 3.07. The topological polar surface area (TPSA) is 53.7 Å². The summed E-state index contributed by atoms with van der Waals surface area (Å²) in [6, 6.07) is 9.41. The Kier molecular flexibility index (Phi) is 4.03. The van der Waals surface area contributed by atoms with Crippen molar-refractivity contribution in [1.29, 1.82) is 0 Å². The number of methoxy groups -OCH3 is 2. The summed E-state index contributed by atoms with van der Waals surface area (Å²) in [7, 11) is 3.15. The molecule has 2 aromatic rings. The maximum Gasteiger partial charge on any atom is 0.164 e. The molecule has 0 aliphatic heterocycles. The first-order valence-electron chi connectivity index (χ1n) is 6.31. The molecule has 0 bridgehead atoms. The van der Waals surface area contributed by atoms with Gasteiger partial charge in [-0.05, 0) is 25.5 Å². The Morgan fingerprint density at radius 3 is 2.05 bits per heavy atom. The second kappa shape index (κ2) is 5.74. The minimum atomic E-state index is 0.502. The summed E-state index contributed by atoms with van der Waals surface area (Å²) in [6.45, 7) is 4.04. The van der Waals surface area contributed by atoms with Gasteiger partial charge in [0.15, 0.2) is 17.2 Å². The smallest absolute Gasteiger partial charge is 0.164 e. The minimum absolute atomic E-state index is 0.502. The SMILES string of the molecule is COc1cc(N)c(Oc2ccc(C)cc2C)cc1OC. The van der Waals surface area contributed by atoms with E-state index >= 15 is 0 Å². The van der Waals surface area contributed by atoms with Crippen molar-refractivity contribution in [3.63, 3.8) is 0 Å². The lowest BCUT2D eigenvalue weighted by atomic mass is 10.1. The molecule has 2 N–H and O–H groups in total. The molecule has 0 heterocycles. The van der Waals surface area contributed by atoms with Crippen LogP contribution < -0.4 is 19.9 Å². The first kappa shape index (κ1) is 14.1. The quantitative estimate of drug-likeness (QED) is 0.863. The van der Waals surface area contributed by atoms with Crippen molar-refractivity contribution in [3.05, 3.63) is 41.5 Å². The number of rotatable bonds is 4. The first-order valence-corrected chi connectivity index (χ1v) is 6.31. The number of hydrogen-bond acceptors (Lipinski definition) is 4. The lowest BCUT2D eigenvalue weighted by molar-refractivity contribution is 0.352. The van der Waals surface area contributed by atoms with Crippen LogP contribution in [0, 0.1) is 13.8 Å². The molecule has 0 fully saturated rings. The first-order chi connectivity index (χ1) is 9.55. The highest BCUT2D eigenvalue weighted by Crippen LogP contribution is 2.38. The summed E-state index contributed by atoms with van der Waals surface area (Å²) in [6.07, 6.45) is 0. The normalized spacial score (nSPS) is 10.2. The van der Waals surface area contributed by atoms with Crippen molar-refractivity contribution in [3.8, 4) is 23.0 Å². The lowest BCUT2D eigenvalue weighted by Crippen LogP contribution is -1.97. The summed E-state index contributed by atoms with van der Waals surface area (Å²) < 4.78 is 16.3. The largest absolute Gasteiger partial charge is 0.493 e. The van der Waals surface area contributed by atoms with Gasteiger partial charge in [-0.25, -0.2) is 0 Å². The molecule has 0 aliphatic rings. The monoisotopic (exact) mass is 273 g/mol. The van der Waals surface area contributed by atoms with Crippen molar-refractivity contribution >= 4 is 5.69 Å². The Labute approximate surface area is 119 Å². The van der Waals surface area contributed by atoms with Crippen molar-refractivity contribution in [1.82, 2.24) is 0 Å². The Hall–Kier alpha value is -2.36. The Balaban J connectivity index is 2.38. The maximum absolute atomic E-state index is 5.99. The van der Waals surface area contributed by atoms with Crippen molar-refractivity contribution in [2.24, 2.45) is 0 Å². The molecule has 0 atom stereocenters. The van der Waals surface area contributed by atoms with E-state index in [4.69, 9.17) is 19.9 Å². The van der Waals surface area contributed by atoms with Crippen LogP contribution in [0.5, 0.6) is 23.0 Å². The molecule has 20 heavy (non-hydrogen) atoms. The van der Waals surface area contributed by atoms with Gasteiger partial charge in [-0.15, -0.1) is 0 Å². The fourth-order valence-corrected chi connectivity index (χ4v) is 2.00. The van der Waals surface area contributed by atoms with Crippen LogP contribution in [0.4, 0.5) is 5.69 Å². The Morgan fingerprint density at radius 1 is 0.800 bits per heavy atom. The summed E-state index contributed by atoms with van der Waals surface area (Å²) in [4.78, 5) is 0. The summed E-state index contributed by atoms with van der Waals surface area (Å²) in [5.74, 6) is 2.49. The standard InChI is InChI=1S/C16H19NO3/c1-10-5-6-13(11(2)7-10)20-14-9-16(19-4)15(18-3)8-12(14)17/h5-9H,17H2,1-4H3.